The van der Waals surface area contributed by atoms with Gasteiger partial charge in [0, 0.05) is 43.5 Å². The summed E-state index contributed by atoms with van der Waals surface area (Å²) in [5.74, 6) is 1.08. The van der Waals surface area contributed by atoms with Gasteiger partial charge < -0.3 is 25.5 Å². The van der Waals surface area contributed by atoms with Gasteiger partial charge in [-0.3, -0.25) is 4.79 Å². The molecule has 0 radical (unpaired) electrons. The number of carbonyl (C=O) groups excluding carboxylic acids is 1. The molecule has 0 aliphatic heterocycles. The molecular weight excluding hydrogens is 428 g/mol. The number of nitrogens with zero attached hydrogens (tertiary/aromatic N) is 2. The van der Waals surface area contributed by atoms with Crippen LogP contribution in [0.15, 0.2) is 36.4 Å². The van der Waals surface area contributed by atoms with Crippen molar-refractivity contribution in [3.63, 3.8) is 0 Å². The Morgan fingerprint density at radius 1 is 1.09 bits per heavy atom. The molecule has 2 rings (SSSR count). The van der Waals surface area contributed by atoms with E-state index in [4.69, 9.17) is 20.6 Å². The number of hydrogen-bond acceptors (Lipinski definition) is 7. The van der Waals surface area contributed by atoms with Crippen LogP contribution in [0.4, 0.5) is 11.5 Å². The van der Waals surface area contributed by atoms with Crippen LogP contribution in [0.3, 0.4) is 0 Å². The average Bonchev–Trinajstić information content (AvgIpc) is 2.82. The number of nitrogen functional groups attached to an aromatic ring is 1. The maximum Gasteiger partial charge on any atom is 0.217 e. The van der Waals surface area contributed by atoms with Gasteiger partial charge in [0.25, 0.3) is 0 Å². The third kappa shape index (κ3) is 14.3. The lowest BCUT2D eigenvalue weighted by Crippen LogP contribution is -2.25. The van der Waals surface area contributed by atoms with Crippen LogP contribution in [0, 0.1) is 12.3 Å². The maximum atomic E-state index is 10.8. The first kappa shape index (κ1) is 31.1. The maximum absolute atomic E-state index is 10.8. The molecule has 0 amide bonds. The fourth-order valence-corrected chi connectivity index (χ4v) is 2.96. The molecule has 0 bridgehead atoms. The average molecular weight is 473 g/mol. The second-order valence-electron chi connectivity index (χ2n) is 7.55. The summed E-state index contributed by atoms with van der Waals surface area (Å²) in [7, 11) is 0. The SMILES string of the molecule is CC.CCCN(CCC)c1cc(N)nc(OCCOCCC(C)=O)c1.Cc1cccc(C=N)c1. The molecule has 2 aromatic rings. The summed E-state index contributed by atoms with van der Waals surface area (Å²) in [6.45, 7) is 15.1. The quantitative estimate of drug-likeness (QED) is 0.287. The fraction of sp³-hybridized carbons (Fsp3) is 0.519. The van der Waals surface area contributed by atoms with Gasteiger partial charge in [-0.1, -0.05) is 57.5 Å². The normalized spacial score (nSPS) is 9.71. The number of aromatic nitrogens is 1. The van der Waals surface area contributed by atoms with E-state index in [1.54, 1.807) is 6.92 Å². The zero-order valence-electron chi connectivity index (χ0n) is 21.9. The summed E-state index contributed by atoms with van der Waals surface area (Å²) in [4.78, 5) is 17.3. The first-order valence-corrected chi connectivity index (χ1v) is 12.2. The van der Waals surface area contributed by atoms with Gasteiger partial charge in [0.1, 0.15) is 18.2 Å². The molecule has 0 fully saturated rings. The minimum absolute atomic E-state index is 0.125. The van der Waals surface area contributed by atoms with Gasteiger partial charge in [-0.05, 0) is 32.3 Å². The predicted molar refractivity (Wildman–Crippen MR) is 143 cm³/mol. The monoisotopic (exact) mass is 472 g/mol. The minimum Gasteiger partial charge on any atom is -0.475 e. The van der Waals surface area contributed by atoms with Crippen molar-refractivity contribution in [1.29, 1.82) is 5.41 Å². The second kappa shape index (κ2) is 19.5. The molecular formula is C27H44N4O3. The number of nitrogens with one attached hydrogen (secondary N) is 1. The van der Waals surface area contributed by atoms with E-state index >= 15 is 0 Å². The molecule has 0 spiro atoms. The molecule has 0 saturated heterocycles. The first-order chi connectivity index (χ1) is 16.4. The number of ketones is 1. The van der Waals surface area contributed by atoms with Crippen molar-refractivity contribution in [2.75, 3.05) is 43.5 Å². The third-order valence-electron chi connectivity index (χ3n) is 4.44. The third-order valence-corrected chi connectivity index (χ3v) is 4.44. The highest BCUT2D eigenvalue weighted by Gasteiger charge is 2.09. The Labute approximate surface area is 206 Å². The van der Waals surface area contributed by atoms with Gasteiger partial charge in [-0.2, -0.15) is 4.98 Å². The van der Waals surface area contributed by atoms with E-state index in [0.717, 1.165) is 37.2 Å². The number of pyridine rings is 1. The minimum atomic E-state index is 0.125. The number of carbonyl (C=O) groups is 1. The number of benzene rings is 1. The highest BCUT2D eigenvalue weighted by Crippen LogP contribution is 2.23. The fourth-order valence-electron chi connectivity index (χ4n) is 2.96. The van der Waals surface area contributed by atoms with Gasteiger partial charge in [-0.25, -0.2) is 0 Å². The summed E-state index contributed by atoms with van der Waals surface area (Å²) < 4.78 is 10.9. The zero-order valence-corrected chi connectivity index (χ0v) is 21.9. The predicted octanol–water partition coefficient (Wildman–Crippen LogP) is 5.68. The number of anilines is 2. The van der Waals surface area contributed by atoms with Crippen molar-refractivity contribution in [3.05, 3.63) is 47.5 Å². The van der Waals surface area contributed by atoms with E-state index in [2.05, 4.69) is 23.7 Å². The Balaban J connectivity index is 0.000000819. The van der Waals surface area contributed by atoms with Crippen molar-refractivity contribution >= 4 is 23.5 Å². The van der Waals surface area contributed by atoms with Crippen LogP contribution in [-0.4, -0.2) is 49.9 Å². The Bertz CT molecular complexity index is 821. The van der Waals surface area contributed by atoms with Gasteiger partial charge >= 0.3 is 0 Å². The standard InChI is InChI=1S/C17H29N3O3.C8H9N.C2H6/c1-4-7-20(8-5-2)15-12-16(18)19-17(13-15)23-11-10-22-9-6-14(3)21;1-7-3-2-4-8(5-7)6-9;1-2/h12-13H,4-11H2,1-3H3,(H2,18,19);2-6,9H,1H3;1-2H3. The number of aryl methyl sites for hydroxylation is 1. The lowest BCUT2D eigenvalue weighted by atomic mass is 10.2. The molecule has 7 heteroatoms. The van der Waals surface area contributed by atoms with Crippen molar-refractivity contribution in [2.45, 2.75) is 60.8 Å². The Morgan fingerprint density at radius 3 is 2.29 bits per heavy atom. The van der Waals surface area contributed by atoms with Crippen LogP contribution in [-0.2, 0) is 9.53 Å². The topological polar surface area (TPSA) is 102 Å². The summed E-state index contributed by atoms with van der Waals surface area (Å²) in [6, 6.07) is 11.7. The summed E-state index contributed by atoms with van der Waals surface area (Å²) in [5, 5.41) is 6.92. The van der Waals surface area contributed by atoms with Crippen LogP contribution in [0.1, 0.15) is 65.0 Å². The Kier molecular flexibility index (Phi) is 17.8. The van der Waals surface area contributed by atoms with E-state index in [1.807, 2.05) is 57.2 Å². The van der Waals surface area contributed by atoms with Crippen LogP contribution >= 0.6 is 0 Å². The van der Waals surface area contributed by atoms with Crippen molar-refractivity contribution in [3.8, 4) is 5.88 Å². The number of Topliss-reactive ketones (excluding diaryl/α,β-unsaturated/α-hetero) is 1. The highest BCUT2D eigenvalue weighted by atomic mass is 16.5. The number of ether oxygens (including phenoxy) is 2. The number of nitrogens with two attached hydrogens (primary N) is 1. The first-order valence-electron chi connectivity index (χ1n) is 12.2. The molecule has 0 atom stereocenters. The van der Waals surface area contributed by atoms with Crippen LogP contribution in [0.25, 0.3) is 0 Å². The van der Waals surface area contributed by atoms with Crippen molar-refractivity contribution in [1.82, 2.24) is 4.98 Å². The summed E-state index contributed by atoms with van der Waals surface area (Å²) >= 11 is 0. The van der Waals surface area contributed by atoms with Crippen LogP contribution in [0.2, 0.25) is 0 Å². The summed E-state index contributed by atoms with van der Waals surface area (Å²) in [6.07, 6.45) is 3.93. The summed E-state index contributed by atoms with van der Waals surface area (Å²) in [5.41, 5.74) is 9.10. The molecule has 34 heavy (non-hydrogen) atoms. The van der Waals surface area contributed by atoms with E-state index in [1.165, 1.54) is 11.8 Å². The van der Waals surface area contributed by atoms with Gasteiger partial charge in [0.05, 0.1) is 13.2 Å². The molecule has 1 heterocycles. The van der Waals surface area contributed by atoms with E-state index < -0.39 is 0 Å². The molecule has 1 aromatic heterocycles. The number of hydrogen-bond donors (Lipinski definition) is 2. The Hall–Kier alpha value is -2.93. The van der Waals surface area contributed by atoms with Gasteiger partial charge in [0.2, 0.25) is 5.88 Å². The van der Waals surface area contributed by atoms with Crippen molar-refractivity contribution in [2.24, 2.45) is 0 Å². The van der Waals surface area contributed by atoms with Crippen LogP contribution < -0.4 is 15.4 Å². The van der Waals surface area contributed by atoms with Gasteiger partial charge in [-0.15, -0.1) is 0 Å². The lowest BCUT2D eigenvalue weighted by molar-refractivity contribution is -0.118. The molecule has 3 N–H and O–H groups in total. The largest absolute Gasteiger partial charge is 0.475 e. The van der Waals surface area contributed by atoms with E-state index in [0.29, 0.717) is 37.9 Å². The molecule has 1 aromatic carbocycles. The Morgan fingerprint density at radius 2 is 1.76 bits per heavy atom. The smallest absolute Gasteiger partial charge is 0.217 e. The molecule has 0 unspecified atom stereocenters. The zero-order chi connectivity index (χ0) is 25.8. The molecule has 0 saturated carbocycles. The van der Waals surface area contributed by atoms with Gasteiger partial charge in [0.15, 0.2) is 0 Å². The number of rotatable bonds is 13. The molecule has 190 valence electrons. The highest BCUT2D eigenvalue weighted by molar-refractivity contribution is 5.77. The lowest BCUT2D eigenvalue weighted by Gasteiger charge is -2.24. The van der Waals surface area contributed by atoms with Crippen molar-refractivity contribution < 1.29 is 14.3 Å². The molecule has 7 nitrogen and oxygen atoms in total. The second-order valence-corrected chi connectivity index (χ2v) is 7.55. The molecule has 0 aliphatic carbocycles. The van der Waals surface area contributed by atoms with E-state index in [-0.39, 0.29) is 5.78 Å². The van der Waals surface area contributed by atoms with E-state index in [9.17, 15) is 4.79 Å². The molecule has 0 aliphatic rings. The van der Waals surface area contributed by atoms with Crippen LogP contribution in [0.5, 0.6) is 5.88 Å².